The van der Waals surface area contributed by atoms with Gasteiger partial charge in [0.15, 0.2) is 5.96 Å². The lowest BCUT2D eigenvalue weighted by molar-refractivity contribution is 0.271. The molecule has 160 valence electrons. The molecule has 2 aromatic rings. The van der Waals surface area contributed by atoms with Gasteiger partial charge in [-0.15, -0.1) is 24.0 Å². The first kappa shape index (κ1) is 24.9. The molecule has 0 aliphatic rings. The van der Waals surface area contributed by atoms with Crippen molar-refractivity contribution in [3.8, 4) is 17.2 Å². The van der Waals surface area contributed by atoms with E-state index in [9.17, 15) is 5.11 Å². The van der Waals surface area contributed by atoms with Crippen LogP contribution in [0.25, 0.3) is 0 Å². The monoisotopic (exact) mass is 513 g/mol. The maximum Gasteiger partial charge on any atom is 0.191 e. The smallest absolute Gasteiger partial charge is 0.191 e. The van der Waals surface area contributed by atoms with Crippen LogP contribution in [0.4, 0.5) is 0 Å². The van der Waals surface area contributed by atoms with E-state index in [2.05, 4.69) is 48.5 Å². The van der Waals surface area contributed by atoms with Crippen molar-refractivity contribution in [1.29, 1.82) is 0 Å². The minimum Gasteiger partial charge on any atom is -0.508 e. The molecule has 3 N–H and O–H groups in total. The molecule has 0 spiro atoms. The molecule has 2 rings (SSSR count). The molecular formula is C22H32IN3O3. The molecule has 0 saturated heterocycles. The zero-order valence-corrected chi connectivity index (χ0v) is 20.1. The summed E-state index contributed by atoms with van der Waals surface area (Å²) < 4.78 is 10.9. The van der Waals surface area contributed by atoms with E-state index in [1.165, 1.54) is 0 Å². The van der Waals surface area contributed by atoms with Crippen molar-refractivity contribution in [2.45, 2.75) is 33.4 Å². The van der Waals surface area contributed by atoms with Gasteiger partial charge in [-0.05, 0) is 48.7 Å². The second kappa shape index (κ2) is 12.4. The lowest BCUT2D eigenvalue weighted by atomic mass is 10.1. The van der Waals surface area contributed by atoms with Crippen LogP contribution in [0.1, 0.15) is 37.9 Å². The highest BCUT2D eigenvalue weighted by Crippen LogP contribution is 2.22. The van der Waals surface area contributed by atoms with E-state index in [1.54, 1.807) is 32.4 Å². The number of ether oxygens (including phenoxy) is 2. The molecule has 0 aliphatic heterocycles. The van der Waals surface area contributed by atoms with Gasteiger partial charge in [0.25, 0.3) is 0 Å². The molecule has 0 saturated carbocycles. The van der Waals surface area contributed by atoms with Gasteiger partial charge in [-0.2, -0.15) is 0 Å². The Morgan fingerprint density at radius 2 is 1.72 bits per heavy atom. The molecule has 0 heterocycles. The summed E-state index contributed by atoms with van der Waals surface area (Å²) in [6, 6.07) is 13.3. The van der Waals surface area contributed by atoms with E-state index < -0.39 is 0 Å². The molecule has 0 bridgehead atoms. The molecule has 1 unspecified atom stereocenters. The third-order valence-corrected chi connectivity index (χ3v) is 4.27. The summed E-state index contributed by atoms with van der Waals surface area (Å²) in [4.78, 5) is 4.26. The summed E-state index contributed by atoms with van der Waals surface area (Å²) in [5.41, 5.74) is 1.87. The fraction of sp³-hybridized carbons (Fsp3) is 0.409. The Balaban J connectivity index is 0.00000420. The summed E-state index contributed by atoms with van der Waals surface area (Å²) in [5.74, 6) is 2.94. The van der Waals surface area contributed by atoms with Crippen LogP contribution in [0.15, 0.2) is 47.5 Å². The van der Waals surface area contributed by atoms with Crippen molar-refractivity contribution >= 4 is 29.9 Å². The first-order valence-electron chi connectivity index (χ1n) is 9.48. The van der Waals surface area contributed by atoms with Crippen LogP contribution in [-0.2, 0) is 6.54 Å². The van der Waals surface area contributed by atoms with E-state index in [1.807, 2.05) is 12.1 Å². The summed E-state index contributed by atoms with van der Waals surface area (Å²) >= 11 is 0. The number of guanidine groups is 1. The Labute approximate surface area is 190 Å². The van der Waals surface area contributed by atoms with Crippen LogP contribution in [0.3, 0.4) is 0 Å². The van der Waals surface area contributed by atoms with Crippen LogP contribution in [-0.4, -0.2) is 31.8 Å². The third kappa shape index (κ3) is 8.00. The van der Waals surface area contributed by atoms with Crippen LogP contribution >= 0.6 is 24.0 Å². The zero-order chi connectivity index (χ0) is 20.5. The largest absolute Gasteiger partial charge is 0.508 e. The van der Waals surface area contributed by atoms with Crippen LogP contribution in [0.2, 0.25) is 0 Å². The summed E-state index contributed by atoms with van der Waals surface area (Å²) in [6.45, 7) is 7.46. The predicted octanol–water partition coefficient (Wildman–Crippen LogP) is 4.48. The highest BCUT2D eigenvalue weighted by Gasteiger charge is 2.10. The van der Waals surface area contributed by atoms with Gasteiger partial charge in [0.1, 0.15) is 17.2 Å². The maximum atomic E-state index is 10.0. The van der Waals surface area contributed by atoms with Gasteiger partial charge in [0, 0.05) is 19.2 Å². The number of aliphatic imine (C=N–C) groups is 1. The number of hydrogen-bond donors (Lipinski definition) is 3. The topological polar surface area (TPSA) is 75.1 Å². The number of benzene rings is 2. The molecule has 0 radical (unpaired) electrons. The van der Waals surface area contributed by atoms with Crippen LogP contribution < -0.4 is 20.1 Å². The van der Waals surface area contributed by atoms with Gasteiger partial charge in [-0.25, -0.2) is 0 Å². The number of aromatic hydroxyl groups is 1. The number of phenolic OH excluding ortho intramolecular Hbond substituents is 1. The normalized spacial score (nSPS) is 12.1. The van der Waals surface area contributed by atoms with Crippen LogP contribution in [0.5, 0.6) is 17.2 Å². The average Bonchev–Trinajstić information content (AvgIpc) is 2.70. The molecule has 0 aliphatic carbocycles. The molecular weight excluding hydrogens is 481 g/mol. The molecule has 2 aromatic carbocycles. The zero-order valence-electron chi connectivity index (χ0n) is 17.7. The lowest BCUT2D eigenvalue weighted by Crippen LogP contribution is -2.38. The number of halogens is 1. The second-order valence-corrected chi connectivity index (χ2v) is 7.06. The fourth-order valence-corrected chi connectivity index (χ4v) is 2.61. The SMILES string of the molecule is CN=C(NCc1cc(OC)ccc1O)NC(C)c1ccc(OCC(C)C)cc1.I. The number of hydrogen-bond acceptors (Lipinski definition) is 4. The predicted molar refractivity (Wildman–Crippen MR) is 129 cm³/mol. The van der Waals surface area contributed by atoms with E-state index in [0.29, 0.717) is 30.8 Å². The summed E-state index contributed by atoms with van der Waals surface area (Å²) in [7, 11) is 3.32. The van der Waals surface area contributed by atoms with E-state index in [0.717, 1.165) is 16.9 Å². The first-order valence-corrected chi connectivity index (χ1v) is 9.48. The summed E-state index contributed by atoms with van der Waals surface area (Å²) in [6.07, 6.45) is 0. The minimum atomic E-state index is 0. The molecule has 0 fully saturated rings. The van der Waals surface area contributed by atoms with Crippen molar-refractivity contribution in [3.63, 3.8) is 0 Å². The van der Waals surface area contributed by atoms with Crippen molar-refractivity contribution in [2.75, 3.05) is 20.8 Å². The Morgan fingerprint density at radius 1 is 1.07 bits per heavy atom. The molecule has 1 atom stereocenters. The van der Waals surface area contributed by atoms with E-state index in [-0.39, 0.29) is 35.8 Å². The molecule has 29 heavy (non-hydrogen) atoms. The van der Waals surface area contributed by atoms with Gasteiger partial charge in [-0.3, -0.25) is 4.99 Å². The van der Waals surface area contributed by atoms with Gasteiger partial charge in [0.05, 0.1) is 19.8 Å². The number of phenols is 1. The Kier molecular flexibility index (Phi) is 10.6. The molecule has 6 nitrogen and oxygen atoms in total. The van der Waals surface area contributed by atoms with E-state index in [4.69, 9.17) is 9.47 Å². The molecule has 0 aromatic heterocycles. The molecule has 7 heteroatoms. The number of methoxy groups -OCH3 is 1. The highest BCUT2D eigenvalue weighted by atomic mass is 127. The van der Waals surface area contributed by atoms with Crippen LogP contribution in [0, 0.1) is 5.92 Å². The Bertz CT molecular complexity index is 779. The third-order valence-electron chi connectivity index (χ3n) is 4.27. The van der Waals surface area contributed by atoms with Gasteiger partial charge >= 0.3 is 0 Å². The minimum absolute atomic E-state index is 0. The highest BCUT2D eigenvalue weighted by molar-refractivity contribution is 14.0. The van der Waals surface area contributed by atoms with Crippen molar-refractivity contribution in [3.05, 3.63) is 53.6 Å². The maximum absolute atomic E-state index is 10.0. The fourth-order valence-electron chi connectivity index (χ4n) is 2.61. The standard InChI is InChI=1S/C22H31N3O3.HI/c1-15(2)14-28-19-8-6-17(7-9-19)16(3)25-22(23-4)24-13-18-12-20(27-5)10-11-21(18)26;/h6-12,15-16,26H,13-14H2,1-5H3,(H2,23,24,25);1H. The van der Waals surface area contributed by atoms with Gasteiger partial charge in [-0.1, -0.05) is 26.0 Å². The summed E-state index contributed by atoms with van der Waals surface area (Å²) in [5, 5.41) is 16.6. The Hall–Kier alpha value is -2.16. The van der Waals surface area contributed by atoms with Crippen molar-refractivity contribution in [1.82, 2.24) is 10.6 Å². The average molecular weight is 513 g/mol. The number of rotatable bonds is 8. The van der Waals surface area contributed by atoms with E-state index >= 15 is 0 Å². The lowest BCUT2D eigenvalue weighted by Gasteiger charge is -2.19. The number of nitrogens with one attached hydrogen (secondary N) is 2. The van der Waals surface area contributed by atoms with Crippen molar-refractivity contribution < 1.29 is 14.6 Å². The van der Waals surface area contributed by atoms with Crippen molar-refractivity contribution in [2.24, 2.45) is 10.9 Å². The number of nitrogens with zero attached hydrogens (tertiary/aromatic N) is 1. The first-order chi connectivity index (χ1) is 13.4. The van der Waals surface area contributed by atoms with Gasteiger partial charge in [0.2, 0.25) is 0 Å². The van der Waals surface area contributed by atoms with Gasteiger partial charge < -0.3 is 25.2 Å². The second-order valence-electron chi connectivity index (χ2n) is 7.06. The Morgan fingerprint density at radius 3 is 2.31 bits per heavy atom. The quantitative estimate of drug-likeness (QED) is 0.276. The molecule has 0 amide bonds.